The Morgan fingerprint density at radius 3 is 3.00 bits per heavy atom. The molecule has 0 radical (unpaired) electrons. The number of para-hydroxylation sites is 2. The van der Waals surface area contributed by atoms with E-state index >= 15 is 0 Å². The monoisotopic (exact) mass is 218 g/mol. The Morgan fingerprint density at radius 2 is 2.25 bits per heavy atom. The van der Waals surface area contributed by atoms with Gasteiger partial charge in [0.1, 0.15) is 6.10 Å². The van der Waals surface area contributed by atoms with E-state index in [4.69, 9.17) is 4.74 Å². The molecule has 1 heterocycles. The van der Waals surface area contributed by atoms with Crippen molar-refractivity contribution < 1.29 is 9.53 Å². The summed E-state index contributed by atoms with van der Waals surface area (Å²) >= 11 is 0. The van der Waals surface area contributed by atoms with Gasteiger partial charge >= 0.3 is 5.97 Å². The average molecular weight is 218 g/mol. The van der Waals surface area contributed by atoms with Crippen LogP contribution in [0.15, 0.2) is 30.6 Å². The summed E-state index contributed by atoms with van der Waals surface area (Å²) in [6, 6.07) is 7.89. The van der Waals surface area contributed by atoms with E-state index in [0.29, 0.717) is 6.54 Å². The Kier molecular flexibility index (Phi) is 2.90. The molecule has 1 aromatic carbocycles. The minimum atomic E-state index is -0.253. The van der Waals surface area contributed by atoms with Crippen LogP contribution < -0.4 is 0 Å². The third kappa shape index (κ3) is 2.21. The molecule has 2 rings (SSSR count). The molecule has 0 aliphatic heterocycles. The summed E-state index contributed by atoms with van der Waals surface area (Å²) in [7, 11) is 0. The first-order valence-electron chi connectivity index (χ1n) is 5.24. The molecule has 0 saturated carbocycles. The lowest BCUT2D eigenvalue weighted by Crippen LogP contribution is -2.18. The molecule has 0 N–H and O–H groups in total. The van der Waals surface area contributed by atoms with E-state index in [1.54, 1.807) is 6.33 Å². The number of carbonyl (C=O) groups is 1. The van der Waals surface area contributed by atoms with E-state index < -0.39 is 0 Å². The van der Waals surface area contributed by atoms with Gasteiger partial charge in [-0.2, -0.15) is 0 Å². The fourth-order valence-electron chi connectivity index (χ4n) is 1.75. The lowest BCUT2D eigenvalue weighted by atomic mass is 10.3. The lowest BCUT2D eigenvalue weighted by Gasteiger charge is -2.12. The van der Waals surface area contributed by atoms with Crippen molar-refractivity contribution >= 4 is 17.0 Å². The topological polar surface area (TPSA) is 44.1 Å². The van der Waals surface area contributed by atoms with Crippen LogP contribution in [0.3, 0.4) is 0 Å². The van der Waals surface area contributed by atoms with Crippen LogP contribution in [-0.2, 0) is 16.1 Å². The molecular formula is C12H14N2O2. The van der Waals surface area contributed by atoms with Crippen LogP contribution >= 0.6 is 0 Å². The van der Waals surface area contributed by atoms with Crippen molar-refractivity contribution in [3.05, 3.63) is 30.6 Å². The third-order valence-corrected chi connectivity index (χ3v) is 2.35. The average Bonchev–Trinajstić information content (AvgIpc) is 2.61. The van der Waals surface area contributed by atoms with Crippen molar-refractivity contribution in [3.63, 3.8) is 0 Å². The molecule has 0 aliphatic carbocycles. The van der Waals surface area contributed by atoms with Gasteiger partial charge in [0.25, 0.3) is 0 Å². The van der Waals surface area contributed by atoms with Gasteiger partial charge in [-0.05, 0) is 19.1 Å². The van der Waals surface area contributed by atoms with Gasteiger partial charge in [-0.3, -0.25) is 4.79 Å². The smallest absolute Gasteiger partial charge is 0.302 e. The summed E-state index contributed by atoms with van der Waals surface area (Å²) < 4.78 is 7.07. The number of ether oxygens (including phenoxy) is 1. The van der Waals surface area contributed by atoms with Gasteiger partial charge < -0.3 is 9.30 Å². The predicted molar refractivity (Wildman–Crippen MR) is 61.0 cm³/mol. The molecule has 1 unspecified atom stereocenters. The molecule has 0 saturated heterocycles. The summed E-state index contributed by atoms with van der Waals surface area (Å²) in [5.41, 5.74) is 2.01. The fraction of sp³-hybridized carbons (Fsp3) is 0.333. The largest absolute Gasteiger partial charge is 0.461 e. The molecule has 84 valence electrons. The van der Waals surface area contributed by atoms with Crippen molar-refractivity contribution in [1.29, 1.82) is 0 Å². The highest BCUT2D eigenvalue weighted by molar-refractivity contribution is 5.74. The van der Waals surface area contributed by atoms with Crippen molar-refractivity contribution in [2.45, 2.75) is 26.5 Å². The molecule has 1 atom stereocenters. The number of rotatable bonds is 3. The molecule has 0 spiro atoms. The Labute approximate surface area is 93.9 Å². The van der Waals surface area contributed by atoms with E-state index in [2.05, 4.69) is 4.98 Å². The summed E-state index contributed by atoms with van der Waals surface area (Å²) in [6.07, 6.45) is 1.63. The standard InChI is InChI=1S/C12H14N2O2/c1-9(16-10(2)15)7-14-8-13-11-5-3-4-6-12(11)14/h3-6,8-9H,7H2,1-2H3. The maximum absolute atomic E-state index is 10.8. The highest BCUT2D eigenvalue weighted by Gasteiger charge is 2.08. The molecule has 0 fully saturated rings. The first kappa shape index (κ1) is 10.7. The number of hydrogen-bond donors (Lipinski definition) is 0. The van der Waals surface area contributed by atoms with Gasteiger partial charge in [-0.25, -0.2) is 4.98 Å². The maximum atomic E-state index is 10.8. The molecule has 16 heavy (non-hydrogen) atoms. The van der Waals surface area contributed by atoms with Crippen molar-refractivity contribution in [1.82, 2.24) is 9.55 Å². The molecule has 4 heteroatoms. The van der Waals surface area contributed by atoms with Crippen LogP contribution in [0.5, 0.6) is 0 Å². The van der Waals surface area contributed by atoms with Crippen LogP contribution in [-0.4, -0.2) is 21.6 Å². The van der Waals surface area contributed by atoms with Gasteiger partial charge in [0.15, 0.2) is 0 Å². The minimum absolute atomic E-state index is 0.143. The summed E-state index contributed by atoms with van der Waals surface area (Å²) in [4.78, 5) is 15.1. The van der Waals surface area contributed by atoms with Crippen LogP contribution in [0.2, 0.25) is 0 Å². The van der Waals surface area contributed by atoms with Gasteiger partial charge in [0, 0.05) is 6.92 Å². The Balaban J connectivity index is 2.18. The molecule has 1 aromatic heterocycles. The first-order chi connectivity index (χ1) is 7.66. The number of carbonyl (C=O) groups excluding carboxylic acids is 1. The Morgan fingerprint density at radius 1 is 1.50 bits per heavy atom. The number of esters is 1. The van der Waals surface area contributed by atoms with E-state index in [1.807, 2.05) is 35.8 Å². The second kappa shape index (κ2) is 4.35. The SMILES string of the molecule is CC(=O)OC(C)Cn1cnc2ccccc21. The molecule has 2 aromatic rings. The molecule has 0 amide bonds. The molecule has 0 bridgehead atoms. The summed E-state index contributed by atoms with van der Waals surface area (Å²) in [6.45, 7) is 3.92. The van der Waals surface area contributed by atoms with Crippen LogP contribution in [0.4, 0.5) is 0 Å². The number of hydrogen-bond acceptors (Lipinski definition) is 3. The Hall–Kier alpha value is -1.84. The number of benzene rings is 1. The zero-order chi connectivity index (χ0) is 11.5. The van der Waals surface area contributed by atoms with Gasteiger partial charge in [0.05, 0.1) is 23.9 Å². The predicted octanol–water partition coefficient (Wildman–Crippen LogP) is 1.99. The van der Waals surface area contributed by atoms with E-state index in [9.17, 15) is 4.79 Å². The summed E-state index contributed by atoms with van der Waals surface area (Å²) in [5.74, 6) is -0.253. The van der Waals surface area contributed by atoms with Crippen molar-refractivity contribution in [2.75, 3.05) is 0 Å². The van der Waals surface area contributed by atoms with Crippen LogP contribution in [0.25, 0.3) is 11.0 Å². The zero-order valence-corrected chi connectivity index (χ0v) is 9.38. The fourth-order valence-corrected chi connectivity index (χ4v) is 1.75. The molecule has 4 nitrogen and oxygen atoms in total. The quantitative estimate of drug-likeness (QED) is 0.740. The normalized spacial score (nSPS) is 12.6. The van der Waals surface area contributed by atoms with Crippen LogP contribution in [0.1, 0.15) is 13.8 Å². The van der Waals surface area contributed by atoms with E-state index in [-0.39, 0.29) is 12.1 Å². The molecular weight excluding hydrogens is 204 g/mol. The summed E-state index contributed by atoms with van der Waals surface area (Å²) in [5, 5.41) is 0. The number of nitrogens with zero attached hydrogens (tertiary/aromatic N) is 2. The van der Waals surface area contributed by atoms with E-state index in [0.717, 1.165) is 11.0 Å². The second-order valence-corrected chi connectivity index (χ2v) is 3.81. The lowest BCUT2D eigenvalue weighted by molar-refractivity contribution is -0.145. The number of imidazole rings is 1. The minimum Gasteiger partial charge on any atom is -0.461 e. The third-order valence-electron chi connectivity index (χ3n) is 2.35. The molecule has 0 aliphatic rings. The van der Waals surface area contributed by atoms with Gasteiger partial charge in [0.2, 0.25) is 0 Å². The first-order valence-corrected chi connectivity index (χ1v) is 5.24. The zero-order valence-electron chi connectivity index (χ0n) is 9.38. The maximum Gasteiger partial charge on any atom is 0.302 e. The van der Waals surface area contributed by atoms with Crippen molar-refractivity contribution in [2.24, 2.45) is 0 Å². The van der Waals surface area contributed by atoms with Gasteiger partial charge in [-0.15, -0.1) is 0 Å². The number of fused-ring (bicyclic) bond motifs is 1. The second-order valence-electron chi connectivity index (χ2n) is 3.81. The van der Waals surface area contributed by atoms with E-state index in [1.165, 1.54) is 6.92 Å². The Bertz CT molecular complexity index is 504. The van der Waals surface area contributed by atoms with Gasteiger partial charge in [-0.1, -0.05) is 12.1 Å². The highest BCUT2D eigenvalue weighted by atomic mass is 16.5. The number of aromatic nitrogens is 2. The van der Waals surface area contributed by atoms with Crippen molar-refractivity contribution in [3.8, 4) is 0 Å². The highest BCUT2D eigenvalue weighted by Crippen LogP contribution is 2.12. The van der Waals surface area contributed by atoms with Crippen LogP contribution in [0, 0.1) is 0 Å².